The molecule has 1 aliphatic heterocycles. The van der Waals surface area contributed by atoms with E-state index >= 15 is 0 Å². The van der Waals surface area contributed by atoms with Crippen molar-refractivity contribution in [1.82, 2.24) is 18.9 Å². The number of sulfonamides is 1. The smallest absolute Gasteiger partial charge is 0.238 e. The van der Waals surface area contributed by atoms with E-state index in [9.17, 15) is 8.42 Å². The lowest BCUT2D eigenvalue weighted by atomic mass is 10.1. The van der Waals surface area contributed by atoms with Crippen LogP contribution >= 0.6 is 11.6 Å². The van der Waals surface area contributed by atoms with E-state index < -0.39 is 16.1 Å². The summed E-state index contributed by atoms with van der Waals surface area (Å²) < 4.78 is 24.9. The molecule has 11 heteroatoms. The van der Waals surface area contributed by atoms with Crippen LogP contribution < -0.4 is 5.73 Å². The van der Waals surface area contributed by atoms with Crippen molar-refractivity contribution in [3.63, 3.8) is 0 Å². The quantitative estimate of drug-likeness (QED) is 0.753. The molecule has 0 radical (unpaired) electrons. The first-order valence-corrected chi connectivity index (χ1v) is 10.8. The van der Waals surface area contributed by atoms with Gasteiger partial charge in [0.2, 0.25) is 16.0 Å². The predicted molar refractivity (Wildman–Crippen MR) is 101 cm³/mol. The molecule has 2 fully saturated rings. The molecular formula is C16H21ClN6O3S. The number of aliphatic hydroxyl groups is 1. The molecule has 1 atom stereocenters. The number of nitrogens with zero attached hydrogens (tertiary/aromatic N) is 5. The molecule has 146 valence electrons. The summed E-state index contributed by atoms with van der Waals surface area (Å²) in [7, 11) is -3.09. The number of rotatable bonds is 2. The third kappa shape index (κ3) is 4.32. The first kappa shape index (κ1) is 19.8. The van der Waals surface area contributed by atoms with Gasteiger partial charge in [-0.05, 0) is 25.7 Å². The number of anilines is 1. The number of piperidine rings is 1. The highest BCUT2D eigenvalue weighted by Crippen LogP contribution is 2.44. The average molecular weight is 413 g/mol. The van der Waals surface area contributed by atoms with Gasteiger partial charge in [-0.2, -0.15) is 9.57 Å². The van der Waals surface area contributed by atoms with Crippen LogP contribution in [0.25, 0.3) is 5.52 Å². The molecule has 2 aromatic heterocycles. The number of nitriles is 1. The summed E-state index contributed by atoms with van der Waals surface area (Å²) in [6.07, 6.45) is 5.86. The number of halogens is 1. The Bertz CT molecular complexity index is 996. The van der Waals surface area contributed by atoms with E-state index in [1.54, 1.807) is 10.7 Å². The van der Waals surface area contributed by atoms with Crippen molar-refractivity contribution in [2.24, 2.45) is 0 Å². The molecule has 1 aliphatic carbocycles. The molecule has 27 heavy (non-hydrogen) atoms. The van der Waals surface area contributed by atoms with Gasteiger partial charge in [0.15, 0.2) is 0 Å². The normalized spacial score (nSPS) is 20.7. The van der Waals surface area contributed by atoms with Gasteiger partial charge in [0, 0.05) is 19.0 Å². The van der Waals surface area contributed by atoms with Gasteiger partial charge in [-0.25, -0.2) is 17.9 Å². The summed E-state index contributed by atoms with van der Waals surface area (Å²) >= 11 is 6.12. The maximum Gasteiger partial charge on any atom is 0.238 e. The molecule has 9 nitrogen and oxygen atoms in total. The predicted octanol–water partition coefficient (Wildman–Crippen LogP) is 1.12. The summed E-state index contributed by atoms with van der Waals surface area (Å²) in [5, 5.41) is 22.8. The molecule has 0 aromatic carbocycles. The van der Waals surface area contributed by atoms with E-state index in [2.05, 4.69) is 16.2 Å². The molecule has 1 saturated carbocycles. The molecular weight excluding hydrogens is 392 g/mol. The van der Waals surface area contributed by atoms with Gasteiger partial charge in [-0.1, -0.05) is 11.6 Å². The lowest BCUT2D eigenvalue weighted by Gasteiger charge is -2.27. The summed E-state index contributed by atoms with van der Waals surface area (Å²) in [6, 6.07) is 2.13. The highest BCUT2D eigenvalue weighted by atomic mass is 35.5. The molecule has 3 N–H and O–H groups in total. The van der Waals surface area contributed by atoms with Gasteiger partial charge >= 0.3 is 0 Å². The summed E-state index contributed by atoms with van der Waals surface area (Å²) in [5.74, 6) is 0.564. The zero-order chi connectivity index (χ0) is 19.8. The zero-order valence-electron chi connectivity index (χ0n) is 14.8. The second-order valence-corrected chi connectivity index (χ2v) is 9.15. The number of nitrogens with two attached hydrogens (primary N) is 1. The van der Waals surface area contributed by atoms with E-state index in [4.69, 9.17) is 27.7 Å². The van der Waals surface area contributed by atoms with Crippen LogP contribution in [0.3, 0.4) is 0 Å². The molecule has 2 aliphatic rings. The summed E-state index contributed by atoms with van der Waals surface area (Å²) in [5.41, 5.74) is 7.57. The van der Waals surface area contributed by atoms with Crippen LogP contribution in [0, 0.1) is 11.3 Å². The Labute approximate surface area is 162 Å². The van der Waals surface area contributed by atoms with Crippen molar-refractivity contribution < 1.29 is 13.5 Å². The highest BCUT2D eigenvalue weighted by Gasteiger charge is 2.32. The fraction of sp³-hybridized carbons (Fsp3) is 0.562. The van der Waals surface area contributed by atoms with Crippen molar-refractivity contribution in [2.45, 2.75) is 37.7 Å². The van der Waals surface area contributed by atoms with Crippen LogP contribution in [0.4, 0.5) is 5.95 Å². The van der Waals surface area contributed by atoms with E-state index in [1.807, 2.05) is 0 Å². The van der Waals surface area contributed by atoms with Crippen molar-refractivity contribution in [2.75, 3.05) is 25.1 Å². The Kier molecular flexibility index (Phi) is 5.58. The Balaban J connectivity index is 0.000000168. The number of hydrogen-bond acceptors (Lipinski definition) is 7. The van der Waals surface area contributed by atoms with Crippen LogP contribution in [0.5, 0.6) is 0 Å². The monoisotopic (exact) mass is 412 g/mol. The van der Waals surface area contributed by atoms with Crippen molar-refractivity contribution in [3.8, 4) is 6.07 Å². The molecule has 3 heterocycles. The first-order valence-electron chi connectivity index (χ1n) is 8.58. The number of fused-ring (bicyclic) bond motifs is 1. The highest BCUT2D eigenvalue weighted by molar-refractivity contribution is 7.88. The molecule has 2 aromatic rings. The van der Waals surface area contributed by atoms with Gasteiger partial charge in [-0.3, -0.25) is 0 Å². The maximum absolute atomic E-state index is 10.9. The standard InChI is InChI=1S/C10H8ClN5.C6H13NO3S/c11-8-6(3-12)9(5-1-2-5)16-7(8)4-14-10(13)15-16;1-11(9,10)7-4-2-3-6(8)5-7/h4-5H,1-2H2,(H2,13,15);6,8H,2-5H2,1H3. The number of aromatic nitrogens is 3. The fourth-order valence-electron chi connectivity index (χ4n) is 3.11. The Morgan fingerprint density at radius 3 is 2.63 bits per heavy atom. The molecule has 1 saturated heterocycles. The van der Waals surface area contributed by atoms with Gasteiger partial charge in [0.05, 0.1) is 34.8 Å². The number of hydrogen-bond donors (Lipinski definition) is 2. The van der Waals surface area contributed by atoms with Gasteiger partial charge < -0.3 is 10.8 Å². The summed E-state index contributed by atoms with van der Waals surface area (Å²) in [4.78, 5) is 3.89. The second-order valence-electron chi connectivity index (χ2n) is 6.79. The van der Waals surface area contributed by atoms with Crippen molar-refractivity contribution in [3.05, 3.63) is 22.5 Å². The van der Waals surface area contributed by atoms with E-state index in [1.165, 1.54) is 10.6 Å². The summed E-state index contributed by atoms with van der Waals surface area (Å²) in [6.45, 7) is 0.814. The number of β-amino-alcohol motifs (C(OH)–C–C–N with tert-alkyl or cyclic N) is 1. The maximum atomic E-state index is 10.9. The van der Waals surface area contributed by atoms with Gasteiger partial charge in [-0.15, -0.1) is 5.10 Å². The molecule has 0 amide bonds. The topological polar surface area (TPSA) is 138 Å². The first-order chi connectivity index (χ1) is 12.7. The molecule has 0 spiro atoms. The minimum atomic E-state index is -3.09. The van der Waals surface area contributed by atoms with Crippen LogP contribution in [-0.2, 0) is 10.0 Å². The minimum Gasteiger partial charge on any atom is -0.392 e. The Morgan fingerprint density at radius 1 is 1.41 bits per heavy atom. The lowest BCUT2D eigenvalue weighted by Crippen LogP contribution is -2.41. The van der Waals surface area contributed by atoms with E-state index in [-0.39, 0.29) is 12.5 Å². The van der Waals surface area contributed by atoms with Gasteiger partial charge in [0.25, 0.3) is 0 Å². The minimum absolute atomic E-state index is 0.186. The molecule has 4 rings (SSSR count). The van der Waals surface area contributed by atoms with Crippen molar-refractivity contribution in [1.29, 1.82) is 5.26 Å². The molecule has 1 unspecified atom stereocenters. The van der Waals surface area contributed by atoms with Crippen molar-refractivity contribution >= 4 is 33.1 Å². The Hall–Kier alpha value is -1.93. The Morgan fingerprint density at radius 2 is 2.11 bits per heavy atom. The zero-order valence-corrected chi connectivity index (χ0v) is 16.4. The number of aliphatic hydroxyl groups excluding tert-OH is 1. The van der Waals surface area contributed by atoms with Gasteiger partial charge in [0.1, 0.15) is 11.6 Å². The average Bonchev–Trinajstić information content (AvgIpc) is 3.40. The third-order valence-corrected chi connectivity index (χ3v) is 6.23. The largest absolute Gasteiger partial charge is 0.392 e. The fourth-order valence-corrected chi connectivity index (χ4v) is 4.28. The van der Waals surface area contributed by atoms with E-state index in [0.717, 1.165) is 25.0 Å². The van der Waals surface area contributed by atoms with Crippen LogP contribution in [0.2, 0.25) is 5.02 Å². The lowest BCUT2D eigenvalue weighted by molar-refractivity contribution is 0.108. The van der Waals surface area contributed by atoms with Crippen LogP contribution in [-0.4, -0.2) is 57.9 Å². The number of nitrogen functional groups attached to an aromatic ring is 1. The SMILES string of the molecule is CS(=O)(=O)N1CCCC(O)C1.N#Cc1c(Cl)c2cnc(N)nn2c1C1CC1. The third-order valence-electron chi connectivity index (χ3n) is 4.58. The van der Waals surface area contributed by atoms with Crippen LogP contribution in [0.1, 0.15) is 42.9 Å². The molecule has 0 bridgehead atoms. The van der Waals surface area contributed by atoms with E-state index in [0.29, 0.717) is 35.0 Å². The second kappa shape index (κ2) is 7.59. The van der Waals surface area contributed by atoms with Crippen LogP contribution in [0.15, 0.2) is 6.20 Å².